The van der Waals surface area contributed by atoms with Gasteiger partial charge in [-0.15, -0.1) is 0 Å². The highest BCUT2D eigenvalue weighted by atomic mass is 16.1. The van der Waals surface area contributed by atoms with Gasteiger partial charge >= 0.3 is 0 Å². The first-order valence-electron chi connectivity index (χ1n) is 8.09. The lowest BCUT2D eigenvalue weighted by molar-refractivity contribution is 0.101. The Bertz CT molecular complexity index is 572. The molecule has 0 unspecified atom stereocenters. The van der Waals surface area contributed by atoms with E-state index < -0.39 is 0 Å². The van der Waals surface area contributed by atoms with Crippen LogP contribution in [0.2, 0.25) is 0 Å². The molecule has 0 spiro atoms. The molecule has 2 aromatic heterocycles. The summed E-state index contributed by atoms with van der Waals surface area (Å²) in [5.74, 6) is 1.12. The second-order valence-electron chi connectivity index (χ2n) is 5.76. The maximum absolute atomic E-state index is 11.0. The first-order chi connectivity index (χ1) is 10.7. The van der Waals surface area contributed by atoms with E-state index in [0.717, 1.165) is 17.3 Å². The summed E-state index contributed by atoms with van der Waals surface area (Å²) in [5, 5.41) is 0. The van der Waals surface area contributed by atoms with Gasteiger partial charge in [-0.25, -0.2) is 0 Å². The van der Waals surface area contributed by atoms with E-state index >= 15 is 0 Å². The molecule has 0 aromatic carbocycles. The van der Waals surface area contributed by atoms with Gasteiger partial charge in [0.25, 0.3) is 0 Å². The molecule has 1 saturated carbocycles. The third kappa shape index (κ3) is 4.76. The molecule has 0 amide bonds. The minimum atomic E-state index is 0.0232. The lowest BCUT2D eigenvalue weighted by Crippen LogP contribution is -1.94. The minimum Gasteiger partial charge on any atom is -0.294 e. The summed E-state index contributed by atoms with van der Waals surface area (Å²) in [7, 11) is 0. The fourth-order valence-corrected chi connectivity index (χ4v) is 2.69. The van der Waals surface area contributed by atoms with E-state index in [2.05, 4.69) is 16.9 Å². The SMILES string of the molecule is CC(=O)c1ccc(-c2ccccn2)nc1.CCC1CCCC1. The van der Waals surface area contributed by atoms with Crippen LogP contribution in [0, 0.1) is 5.92 Å². The maximum atomic E-state index is 11.0. The van der Waals surface area contributed by atoms with Crippen LogP contribution in [0.25, 0.3) is 11.4 Å². The number of carbonyl (C=O) groups is 1. The highest BCUT2D eigenvalue weighted by Crippen LogP contribution is 2.26. The Morgan fingerprint density at radius 3 is 2.27 bits per heavy atom. The third-order valence-corrected chi connectivity index (χ3v) is 4.15. The van der Waals surface area contributed by atoms with Crippen molar-refractivity contribution in [3.63, 3.8) is 0 Å². The molecule has 0 aliphatic heterocycles. The molecule has 3 rings (SSSR count). The molecule has 3 nitrogen and oxygen atoms in total. The van der Waals surface area contributed by atoms with E-state index in [1.807, 2.05) is 18.2 Å². The zero-order valence-corrected chi connectivity index (χ0v) is 13.5. The molecule has 0 saturated heterocycles. The predicted octanol–water partition coefficient (Wildman–Crippen LogP) is 4.93. The molecule has 1 fully saturated rings. The molecular formula is C19H24N2O. The molecule has 1 aliphatic carbocycles. The van der Waals surface area contributed by atoms with Gasteiger partial charge in [-0.1, -0.05) is 45.1 Å². The largest absolute Gasteiger partial charge is 0.294 e. The van der Waals surface area contributed by atoms with Crippen LogP contribution >= 0.6 is 0 Å². The number of carbonyl (C=O) groups excluding carboxylic acids is 1. The number of nitrogens with zero attached hydrogens (tertiary/aromatic N) is 2. The summed E-state index contributed by atoms with van der Waals surface area (Å²) < 4.78 is 0. The number of ketones is 1. The summed E-state index contributed by atoms with van der Waals surface area (Å²) in [6.45, 7) is 3.83. The molecule has 0 radical (unpaired) electrons. The van der Waals surface area contributed by atoms with Crippen LogP contribution in [0.4, 0.5) is 0 Å². The molecule has 2 heterocycles. The highest BCUT2D eigenvalue weighted by molar-refractivity contribution is 5.93. The van der Waals surface area contributed by atoms with Crippen LogP contribution in [0.3, 0.4) is 0 Å². The molecule has 0 atom stereocenters. The zero-order chi connectivity index (χ0) is 15.8. The summed E-state index contributed by atoms with van der Waals surface area (Å²) in [6.07, 6.45) is 10.7. The number of Topliss-reactive ketones (excluding diaryl/α,β-unsaturated/α-hetero) is 1. The van der Waals surface area contributed by atoms with Gasteiger partial charge in [0.15, 0.2) is 5.78 Å². The first-order valence-corrected chi connectivity index (χ1v) is 8.09. The van der Waals surface area contributed by atoms with Crippen molar-refractivity contribution in [3.8, 4) is 11.4 Å². The van der Waals surface area contributed by atoms with Crippen LogP contribution in [-0.2, 0) is 0 Å². The average molecular weight is 296 g/mol. The van der Waals surface area contributed by atoms with Gasteiger partial charge in [0.2, 0.25) is 0 Å². The molecular weight excluding hydrogens is 272 g/mol. The van der Waals surface area contributed by atoms with Crippen molar-refractivity contribution >= 4 is 5.78 Å². The average Bonchev–Trinajstić information content (AvgIpc) is 3.10. The van der Waals surface area contributed by atoms with Crippen molar-refractivity contribution in [2.75, 3.05) is 0 Å². The Morgan fingerprint density at radius 1 is 1.09 bits per heavy atom. The topological polar surface area (TPSA) is 42.9 Å². The summed E-state index contributed by atoms with van der Waals surface area (Å²) in [5.41, 5.74) is 2.21. The van der Waals surface area contributed by atoms with Gasteiger partial charge in [0.05, 0.1) is 11.4 Å². The van der Waals surface area contributed by atoms with Gasteiger partial charge in [-0.2, -0.15) is 0 Å². The smallest absolute Gasteiger partial charge is 0.161 e. The molecule has 3 heteroatoms. The Kier molecular flexibility index (Phi) is 6.26. The number of hydrogen-bond acceptors (Lipinski definition) is 3. The third-order valence-electron chi connectivity index (χ3n) is 4.15. The summed E-state index contributed by atoms with van der Waals surface area (Å²) >= 11 is 0. The molecule has 0 N–H and O–H groups in total. The monoisotopic (exact) mass is 296 g/mol. The normalized spacial score (nSPS) is 14.3. The second kappa shape index (κ2) is 8.42. The molecule has 116 valence electrons. The van der Waals surface area contributed by atoms with Crippen molar-refractivity contribution in [2.24, 2.45) is 5.92 Å². The van der Waals surface area contributed by atoms with E-state index in [4.69, 9.17) is 0 Å². The van der Waals surface area contributed by atoms with Crippen LogP contribution in [-0.4, -0.2) is 15.8 Å². The Morgan fingerprint density at radius 2 is 1.82 bits per heavy atom. The Labute approximate surface area is 132 Å². The maximum Gasteiger partial charge on any atom is 0.161 e. The predicted molar refractivity (Wildman–Crippen MR) is 89.7 cm³/mol. The van der Waals surface area contributed by atoms with Crippen LogP contribution in [0.5, 0.6) is 0 Å². The fraction of sp³-hybridized carbons (Fsp3) is 0.421. The van der Waals surface area contributed by atoms with Crippen molar-refractivity contribution in [3.05, 3.63) is 48.3 Å². The van der Waals surface area contributed by atoms with Crippen molar-refractivity contribution in [1.82, 2.24) is 9.97 Å². The van der Waals surface area contributed by atoms with E-state index in [-0.39, 0.29) is 5.78 Å². The van der Waals surface area contributed by atoms with Crippen LogP contribution < -0.4 is 0 Å². The van der Waals surface area contributed by atoms with Gasteiger partial charge in [0, 0.05) is 18.0 Å². The van der Waals surface area contributed by atoms with Crippen molar-refractivity contribution in [1.29, 1.82) is 0 Å². The minimum absolute atomic E-state index is 0.0232. The number of aromatic nitrogens is 2. The lowest BCUT2D eigenvalue weighted by atomic mass is 10.1. The summed E-state index contributed by atoms with van der Waals surface area (Å²) in [4.78, 5) is 19.4. The van der Waals surface area contributed by atoms with E-state index in [9.17, 15) is 4.79 Å². The van der Waals surface area contributed by atoms with E-state index in [0.29, 0.717) is 5.56 Å². The summed E-state index contributed by atoms with van der Waals surface area (Å²) in [6, 6.07) is 9.21. The molecule has 22 heavy (non-hydrogen) atoms. The van der Waals surface area contributed by atoms with Gasteiger partial charge in [-0.3, -0.25) is 14.8 Å². The standard InChI is InChI=1S/C12H10N2O.C7H14/c1-9(15)10-5-6-12(14-8-10)11-4-2-3-7-13-11;1-2-7-5-3-4-6-7/h2-8H,1H3;7H,2-6H2,1H3. The van der Waals surface area contributed by atoms with Gasteiger partial charge in [-0.05, 0) is 37.1 Å². The van der Waals surface area contributed by atoms with Gasteiger partial charge < -0.3 is 0 Å². The number of hydrogen-bond donors (Lipinski definition) is 0. The molecule has 2 aromatic rings. The molecule has 0 bridgehead atoms. The van der Waals surface area contributed by atoms with Crippen LogP contribution in [0.1, 0.15) is 56.3 Å². The Hall–Kier alpha value is -2.03. The fourth-order valence-electron chi connectivity index (χ4n) is 2.69. The van der Waals surface area contributed by atoms with Crippen molar-refractivity contribution in [2.45, 2.75) is 46.0 Å². The van der Waals surface area contributed by atoms with Crippen molar-refractivity contribution < 1.29 is 4.79 Å². The first kappa shape index (κ1) is 16.3. The van der Waals surface area contributed by atoms with Gasteiger partial charge in [0.1, 0.15) is 0 Å². The quantitative estimate of drug-likeness (QED) is 0.754. The van der Waals surface area contributed by atoms with E-state index in [1.54, 1.807) is 24.5 Å². The molecule has 1 aliphatic rings. The lowest BCUT2D eigenvalue weighted by Gasteiger charge is -1.99. The van der Waals surface area contributed by atoms with Crippen LogP contribution in [0.15, 0.2) is 42.7 Å². The second-order valence-corrected chi connectivity index (χ2v) is 5.76. The Balaban J connectivity index is 0.000000211. The highest BCUT2D eigenvalue weighted by Gasteiger charge is 2.11. The number of pyridine rings is 2. The zero-order valence-electron chi connectivity index (χ0n) is 13.5. The number of rotatable bonds is 3. The van der Waals surface area contributed by atoms with E-state index in [1.165, 1.54) is 39.0 Å².